The first-order valence-electron chi connectivity index (χ1n) is 5.49. The van der Waals surface area contributed by atoms with E-state index in [0.717, 1.165) is 5.56 Å². The zero-order chi connectivity index (χ0) is 12.6. The fraction of sp³-hybridized carbons (Fsp3) is 0.462. The maximum absolute atomic E-state index is 11.7. The standard InChI is InChI=1S/C13H15ClO3/c1-13(2,3)12-16-10(11(15)17-12)8-4-6-9(14)7-5-8/h4-7,10,12H,1-3H3/t10-,12-/m1/s1. The molecule has 0 N–H and O–H groups in total. The summed E-state index contributed by atoms with van der Waals surface area (Å²) in [5, 5.41) is 0.632. The molecule has 3 nitrogen and oxygen atoms in total. The van der Waals surface area contributed by atoms with Crippen molar-refractivity contribution in [3.63, 3.8) is 0 Å². The highest BCUT2D eigenvalue weighted by Gasteiger charge is 2.42. The molecule has 0 unspecified atom stereocenters. The number of cyclic esters (lactones) is 1. The van der Waals surface area contributed by atoms with Crippen LogP contribution >= 0.6 is 11.6 Å². The topological polar surface area (TPSA) is 35.5 Å². The average molecular weight is 255 g/mol. The number of halogens is 1. The summed E-state index contributed by atoms with van der Waals surface area (Å²) < 4.78 is 10.9. The van der Waals surface area contributed by atoms with Crippen LogP contribution in [0.4, 0.5) is 0 Å². The molecule has 0 radical (unpaired) electrons. The van der Waals surface area contributed by atoms with Gasteiger partial charge in [0.05, 0.1) is 0 Å². The Morgan fingerprint density at radius 1 is 1.18 bits per heavy atom. The molecule has 1 saturated heterocycles. The molecule has 0 saturated carbocycles. The Bertz CT molecular complexity index is 419. The van der Waals surface area contributed by atoms with Crippen LogP contribution in [0.1, 0.15) is 32.4 Å². The molecule has 0 aromatic heterocycles. The van der Waals surface area contributed by atoms with E-state index < -0.39 is 12.4 Å². The van der Waals surface area contributed by atoms with Gasteiger partial charge in [-0.2, -0.15) is 0 Å². The first-order chi connectivity index (χ1) is 7.88. The lowest BCUT2D eigenvalue weighted by atomic mass is 9.96. The van der Waals surface area contributed by atoms with E-state index in [9.17, 15) is 4.79 Å². The monoisotopic (exact) mass is 254 g/mol. The molecule has 0 amide bonds. The van der Waals surface area contributed by atoms with Crippen LogP contribution in [0.25, 0.3) is 0 Å². The molecular weight excluding hydrogens is 240 g/mol. The quantitative estimate of drug-likeness (QED) is 0.721. The van der Waals surface area contributed by atoms with E-state index in [-0.39, 0.29) is 11.4 Å². The minimum Gasteiger partial charge on any atom is -0.433 e. The second kappa shape index (κ2) is 4.31. The molecule has 0 spiro atoms. The number of ether oxygens (including phenoxy) is 2. The van der Waals surface area contributed by atoms with Crippen LogP contribution in [0.5, 0.6) is 0 Å². The maximum atomic E-state index is 11.7. The Balaban J connectivity index is 2.19. The van der Waals surface area contributed by atoms with Gasteiger partial charge in [0.25, 0.3) is 0 Å². The number of benzene rings is 1. The smallest absolute Gasteiger partial charge is 0.342 e. The summed E-state index contributed by atoms with van der Waals surface area (Å²) >= 11 is 5.80. The van der Waals surface area contributed by atoms with Gasteiger partial charge in [0, 0.05) is 10.4 Å². The van der Waals surface area contributed by atoms with Crippen LogP contribution in [-0.2, 0) is 14.3 Å². The van der Waals surface area contributed by atoms with Crippen molar-refractivity contribution in [2.75, 3.05) is 0 Å². The summed E-state index contributed by atoms with van der Waals surface area (Å²) in [6.07, 6.45) is -1.15. The lowest BCUT2D eigenvalue weighted by Gasteiger charge is -2.24. The highest BCUT2D eigenvalue weighted by molar-refractivity contribution is 6.30. The molecule has 1 aromatic rings. The molecule has 92 valence electrons. The van der Waals surface area contributed by atoms with E-state index in [1.165, 1.54) is 0 Å². The van der Waals surface area contributed by atoms with Crippen molar-refractivity contribution in [3.8, 4) is 0 Å². The zero-order valence-corrected chi connectivity index (χ0v) is 10.8. The molecule has 2 rings (SSSR count). The second-order valence-corrected chi connectivity index (χ2v) is 5.64. The van der Waals surface area contributed by atoms with E-state index in [1.54, 1.807) is 24.3 Å². The number of carbonyl (C=O) groups excluding carboxylic acids is 1. The second-order valence-electron chi connectivity index (χ2n) is 5.20. The molecule has 17 heavy (non-hydrogen) atoms. The number of hydrogen-bond acceptors (Lipinski definition) is 3. The molecule has 4 heteroatoms. The van der Waals surface area contributed by atoms with Crippen LogP contribution in [0.3, 0.4) is 0 Å². The minimum absolute atomic E-state index is 0.225. The van der Waals surface area contributed by atoms with Crippen LogP contribution < -0.4 is 0 Å². The molecule has 0 bridgehead atoms. The molecule has 1 aromatic carbocycles. The minimum atomic E-state index is -0.642. The van der Waals surface area contributed by atoms with Crippen LogP contribution in [0, 0.1) is 5.41 Å². The number of carbonyl (C=O) groups is 1. The first kappa shape index (κ1) is 12.4. The first-order valence-corrected chi connectivity index (χ1v) is 5.87. The van der Waals surface area contributed by atoms with Crippen LogP contribution in [0.2, 0.25) is 5.02 Å². The lowest BCUT2D eigenvalue weighted by molar-refractivity contribution is -0.154. The summed E-state index contributed by atoms with van der Waals surface area (Å²) in [4.78, 5) is 11.7. The van der Waals surface area contributed by atoms with Crippen molar-refractivity contribution in [2.24, 2.45) is 5.41 Å². The number of hydrogen-bond donors (Lipinski definition) is 0. The highest BCUT2D eigenvalue weighted by Crippen LogP contribution is 2.36. The molecule has 2 atom stereocenters. The van der Waals surface area contributed by atoms with Gasteiger partial charge in [-0.25, -0.2) is 4.79 Å². The van der Waals surface area contributed by atoms with Gasteiger partial charge in [-0.1, -0.05) is 44.5 Å². The fourth-order valence-electron chi connectivity index (χ4n) is 1.61. The molecule has 1 fully saturated rings. The van der Waals surface area contributed by atoms with E-state index >= 15 is 0 Å². The summed E-state index contributed by atoms with van der Waals surface area (Å²) in [5.41, 5.74) is 0.544. The summed E-state index contributed by atoms with van der Waals surface area (Å²) in [6, 6.07) is 7.02. The van der Waals surface area contributed by atoms with Gasteiger partial charge in [0.1, 0.15) is 0 Å². The molecule has 1 heterocycles. The Morgan fingerprint density at radius 3 is 2.24 bits per heavy atom. The fourth-order valence-corrected chi connectivity index (χ4v) is 1.73. The van der Waals surface area contributed by atoms with Gasteiger partial charge in [0.15, 0.2) is 6.10 Å². The van der Waals surface area contributed by atoms with Gasteiger partial charge in [-0.3, -0.25) is 0 Å². The van der Waals surface area contributed by atoms with E-state index in [1.807, 2.05) is 20.8 Å². The maximum Gasteiger partial charge on any atom is 0.342 e. The molecule has 1 aliphatic heterocycles. The Morgan fingerprint density at radius 2 is 1.76 bits per heavy atom. The van der Waals surface area contributed by atoms with Crippen molar-refractivity contribution in [3.05, 3.63) is 34.9 Å². The van der Waals surface area contributed by atoms with Gasteiger partial charge < -0.3 is 9.47 Å². The molecule has 1 aliphatic rings. The van der Waals surface area contributed by atoms with E-state index in [4.69, 9.17) is 21.1 Å². The number of esters is 1. The van der Waals surface area contributed by atoms with Crippen molar-refractivity contribution in [2.45, 2.75) is 33.2 Å². The van der Waals surface area contributed by atoms with Crippen molar-refractivity contribution in [1.29, 1.82) is 0 Å². The summed E-state index contributed by atoms with van der Waals surface area (Å²) in [5.74, 6) is -0.341. The highest BCUT2D eigenvalue weighted by atomic mass is 35.5. The molecular formula is C13H15ClO3. The van der Waals surface area contributed by atoms with Gasteiger partial charge >= 0.3 is 5.97 Å². The van der Waals surface area contributed by atoms with Gasteiger partial charge in [0.2, 0.25) is 6.29 Å². The van der Waals surface area contributed by atoms with Crippen molar-refractivity contribution >= 4 is 17.6 Å². The Labute approximate surface area is 106 Å². The van der Waals surface area contributed by atoms with Crippen molar-refractivity contribution in [1.82, 2.24) is 0 Å². The van der Waals surface area contributed by atoms with Crippen LogP contribution in [-0.4, -0.2) is 12.3 Å². The predicted molar refractivity (Wildman–Crippen MR) is 64.6 cm³/mol. The van der Waals surface area contributed by atoms with Gasteiger partial charge in [-0.05, 0) is 17.7 Å². The third-order valence-electron chi connectivity index (χ3n) is 2.58. The average Bonchev–Trinajstić information content (AvgIpc) is 2.61. The Hall–Kier alpha value is -1.06. The Kier molecular flexibility index (Phi) is 3.15. The summed E-state index contributed by atoms with van der Waals surface area (Å²) in [7, 11) is 0. The predicted octanol–water partition coefficient (Wildman–Crippen LogP) is 3.33. The van der Waals surface area contributed by atoms with Crippen LogP contribution in [0.15, 0.2) is 24.3 Å². The lowest BCUT2D eigenvalue weighted by Crippen LogP contribution is -2.27. The van der Waals surface area contributed by atoms with Gasteiger partial charge in [-0.15, -0.1) is 0 Å². The summed E-state index contributed by atoms with van der Waals surface area (Å²) in [6.45, 7) is 5.90. The zero-order valence-electron chi connectivity index (χ0n) is 10.1. The SMILES string of the molecule is CC(C)(C)[C@H]1OC(=O)[C@@H](c2ccc(Cl)cc2)O1. The molecule has 0 aliphatic carbocycles. The normalized spacial score (nSPS) is 24.8. The van der Waals surface area contributed by atoms with Crippen molar-refractivity contribution < 1.29 is 14.3 Å². The third kappa shape index (κ3) is 2.61. The largest absolute Gasteiger partial charge is 0.433 e. The van der Waals surface area contributed by atoms with E-state index in [2.05, 4.69) is 0 Å². The van der Waals surface area contributed by atoms with E-state index in [0.29, 0.717) is 5.02 Å². The third-order valence-corrected chi connectivity index (χ3v) is 2.83. The number of rotatable bonds is 1.